The van der Waals surface area contributed by atoms with Crippen LogP contribution >= 0.6 is 0 Å². The molecule has 0 fully saturated rings. The van der Waals surface area contributed by atoms with Gasteiger partial charge in [0.2, 0.25) is 5.91 Å². The lowest BCUT2D eigenvalue weighted by Gasteiger charge is -2.13. The van der Waals surface area contributed by atoms with Gasteiger partial charge in [0.15, 0.2) is 0 Å². The minimum atomic E-state index is -0.177. The van der Waals surface area contributed by atoms with Crippen LogP contribution in [0.15, 0.2) is 77.7 Å². The van der Waals surface area contributed by atoms with Crippen LogP contribution in [0.25, 0.3) is 22.7 Å². The van der Waals surface area contributed by atoms with Gasteiger partial charge >= 0.3 is 0 Å². The minimum absolute atomic E-state index is 0.123. The fourth-order valence-electron chi connectivity index (χ4n) is 2.84. The van der Waals surface area contributed by atoms with Crippen molar-refractivity contribution in [3.8, 4) is 5.69 Å². The van der Waals surface area contributed by atoms with E-state index in [9.17, 15) is 4.79 Å². The molecule has 6 nitrogen and oxygen atoms in total. The lowest BCUT2D eigenvalue weighted by atomic mass is 10.1. The first-order chi connectivity index (χ1) is 13.2. The number of hydrogen-bond acceptors (Lipinski definition) is 4. The highest BCUT2D eigenvalue weighted by Crippen LogP contribution is 2.20. The summed E-state index contributed by atoms with van der Waals surface area (Å²) in [5.74, 6) is 0.472. The summed E-state index contributed by atoms with van der Waals surface area (Å²) in [5.41, 5.74) is 2.72. The number of carbonyl (C=O) groups excluding carboxylic acids is 1. The van der Waals surface area contributed by atoms with Gasteiger partial charge in [-0.15, -0.1) is 0 Å². The summed E-state index contributed by atoms with van der Waals surface area (Å²) in [4.78, 5) is 16.1. The summed E-state index contributed by atoms with van der Waals surface area (Å²) in [6.07, 6.45) is 6.29. The van der Waals surface area contributed by atoms with Gasteiger partial charge in [0.05, 0.1) is 11.7 Å². The third-order valence-corrected chi connectivity index (χ3v) is 4.28. The van der Waals surface area contributed by atoms with Crippen molar-refractivity contribution in [3.63, 3.8) is 0 Å². The van der Waals surface area contributed by atoms with E-state index < -0.39 is 0 Å². The molecule has 1 N–H and O–H groups in total. The summed E-state index contributed by atoms with van der Waals surface area (Å²) in [6.45, 7) is 1.94. The largest absolute Gasteiger partial charge is 0.457 e. The molecule has 2 aromatic heterocycles. The Morgan fingerprint density at radius 1 is 1.19 bits per heavy atom. The van der Waals surface area contributed by atoms with Crippen molar-refractivity contribution >= 4 is 23.0 Å². The van der Waals surface area contributed by atoms with E-state index in [2.05, 4.69) is 15.4 Å². The van der Waals surface area contributed by atoms with Gasteiger partial charge in [-0.25, -0.2) is 9.67 Å². The number of furan rings is 1. The third kappa shape index (κ3) is 3.79. The molecule has 2 aromatic carbocycles. The van der Waals surface area contributed by atoms with Crippen LogP contribution < -0.4 is 5.32 Å². The lowest BCUT2D eigenvalue weighted by Crippen LogP contribution is -2.24. The molecule has 4 rings (SSSR count). The van der Waals surface area contributed by atoms with Crippen molar-refractivity contribution in [1.82, 2.24) is 20.1 Å². The number of fused-ring (bicyclic) bond motifs is 1. The number of amides is 1. The molecule has 0 saturated carbocycles. The molecule has 2 heterocycles. The van der Waals surface area contributed by atoms with Crippen molar-refractivity contribution < 1.29 is 9.21 Å². The zero-order valence-electron chi connectivity index (χ0n) is 14.7. The van der Waals surface area contributed by atoms with Gasteiger partial charge in [0, 0.05) is 11.5 Å². The second-order valence-corrected chi connectivity index (χ2v) is 6.18. The molecule has 0 radical (unpaired) electrons. The number of nitrogens with one attached hydrogen (secondary N) is 1. The summed E-state index contributed by atoms with van der Waals surface area (Å²) < 4.78 is 7.36. The highest BCUT2D eigenvalue weighted by Gasteiger charge is 2.08. The number of benzene rings is 2. The Hall–Kier alpha value is -3.67. The van der Waals surface area contributed by atoms with Crippen molar-refractivity contribution in [2.45, 2.75) is 13.0 Å². The molecule has 134 valence electrons. The van der Waals surface area contributed by atoms with Gasteiger partial charge in [-0.3, -0.25) is 4.79 Å². The van der Waals surface area contributed by atoms with E-state index in [1.165, 1.54) is 12.4 Å². The summed E-state index contributed by atoms with van der Waals surface area (Å²) in [5, 5.41) is 8.06. The Labute approximate surface area is 156 Å². The van der Waals surface area contributed by atoms with Crippen molar-refractivity contribution in [2.75, 3.05) is 0 Å². The third-order valence-electron chi connectivity index (χ3n) is 4.28. The molecule has 27 heavy (non-hydrogen) atoms. The topological polar surface area (TPSA) is 73.0 Å². The first-order valence-electron chi connectivity index (χ1n) is 8.61. The smallest absolute Gasteiger partial charge is 0.244 e. The Balaban J connectivity index is 1.39. The second-order valence-electron chi connectivity index (χ2n) is 6.18. The highest BCUT2D eigenvalue weighted by atomic mass is 16.3. The van der Waals surface area contributed by atoms with Crippen LogP contribution in [0.4, 0.5) is 0 Å². The number of carbonyl (C=O) groups is 1. The van der Waals surface area contributed by atoms with Crippen LogP contribution in [0.3, 0.4) is 0 Å². The van der Waals surface area contributed by atoms with Crippen LogP contribution in [0.2, 0.25) is 0 Å². The van der Waals surface area contributed by atoms with Crippen LogP contribution in [0.5, 0.6) is 0 Å². The second kappa shape index (κ2) is 7.29. The van der Waals surface area contributed by atoms with Crippen molar-refractivity contribution in [2.24, 2.45) is 0 Å². The standard InChI is InChI=1S/C21H18N4O2/c1-15(16-6-8-18(9-7-16)25-14-22-13-23-25)24-21(26)11-10-19-12-17-4-2-3-5-20(17)27-19/h2-15H,1H3,(H,24,26)/b11-10+. The number of aromatic nitrogens is 3. The van der Waals surface area contributed by atoms with E-state index in [1.54, 1.807) is 17.1 Å². The predicted molar refractivity (Wildman–Crippen MR) is 103 cm³/mol. The van der Waals surface area contributed by atoms with Crippen LogP contribution in [-0.4, -0.2) is 20.7 Å². The molecule has 4 aromatic rings. The average molecular weight is 358 g/mol. The summed E-state index contributed by atoms with van der Waals surface area (Å²) in [7, 11) is 0. The number of hydrogen-bond donors (Lipinski definition) is 1. The molecular formula is C21H18N4O2. The van der Waals surface area contributed by atoms with E-state index in [-0.39, 0.29) is 11.9 Å². The summed E-state index contributed by atoms with van der Waals surface area (Å²) >= 11 is 0. The predicted octanol–water partition coefficient (Wildman–Crippen LogP) is 3.90. The van der Waals surface area contributed by atoms with Crippen molar-refractivity contribution in [3.05, 3.63) is 84.7 Å². The fourth-order valence-corrected chi connectivity index (χ4v) is 2.84. The maximum Gasteiger partial charge on any atom is 0.244 e. The van der Waals surface area contributed by atoms with Gasteiger partial charge < -0.3 is 9.73 Å². The maximum atomic E-state index is 12.2. The number of nitrogens with zero attached hydrogens (tertiary/aromatic N) is 3. The molecule has 1 unspecified atom stereocenters. The van der Waals surface area contributed by atoms with E-state index >= 15 is 0 Å². The van der Waals surface area contributed by atoms with Gasteiger partial charge in [-0.1, -0.05) is 30.3 Å². The van der Waals surface area contributed by atoms with Gasteiger partial charge in [0.25, 0.3) is 0 Å². The van der Waals surface area contributed by atoms with E-state index in [4.69, 9.17) is 4.42 Å². The van der Waals surface area contributed by atoms with Gasteiger partial charge in [0.1, 0.15) is 24.0 Å². The van der Waals surface area contributed by atoms with E-state index in [1.807, 2.05) is 61.5 Å². The Kier molecular flexibility index (Phi) is 4.53. The zero-order chi connectivity index (χ0) is 18.6. The Morgan fingerprint density at radius 3 is 2.74 bits per heavy atom. The molecular weight excluding hydrogens is 340 g/mol. The minimum Gasteiger partial charge on any atom is -0.457 e. The Bertz CT molecular complexity index is 1050. The molecule has 6 heteroatoms. The van der Waals surface area contributed by atoms with Gasteiger partial charge in [-0.2, -0.15) is 5.10 Å². The molecule has 0 aliphatic rings. The number of para-hydroxylation sites is 1. The Morgan fingerprint density at radius 2 is 2.00 bits per heavy atom. The molecule has 1 amide bonds. The molecule has 0 aliphatic heterocycles. The zero-order valence-corrected chi connectivity index (χ0v) is 14.7. The molecule has 0 aliphatic carbocycles. The molecule has 0 spiro atoms. The van der Waals surface area contributed by atoms with E-state index in [0.717, 1.165) is 22.2 Å². The average Bonchev–Trinajstić information content (AvgIpc) is 3.36. The van der Waals surface area contributed by atoms with Gasteiger partial charge in [-0.05, 0) is 42.8 Å². The molecule has 0 saturated heterocycles. The first-order valence-corrected chi connectivity index (χ1v) is 8.61. The normalized spacial score (nSPS) is 12.5. The van der Waals surface area contributed by atoms with Crippen molar-refractivity contribution in [1.29, 1.82) is 0 Å². The van der Waals surface area contributed by atoms with E-state index in [0.29, 0.717) is 5.76 Å². The quantitative estimate of drug-likeness (QED) is 0.549. The molecule has 0 bridgehead atoms. The maximum absolute atomic E-state index is 12.2. The van der Waals surface area contributed by atoms with Crippen LogP contribution in [-0.2, 0) is 4.79 Å². The molecule has 1 atom stereocenters. The van der Waals surface area contributed by atoms with Crippen LogP contribution in [0, 0.1) is 0 Å². The monoisotopic (exact) mass is 358 g/mol. The highest BCUT2D eigenvalue weighted by molar-refractivity contribution is 5.92. The lowest BCUT2D eigenvalue weighted by molar-refractivity contribution is -0.117. The SMILES string of the molecule is CC(NC(=O)/C=C/c1cc2ccccc2o1)c1ccc(-n2cncn2)cc1. The first kappa shape index (κ1) is 16.8. The van der Waals surface area contributed by atoms with Crippen LogP contribution in [0.1, 0.15) is 24.3 Å². The number of rotatable bonds is 5. The summed E-state index contributed by atoms with van der Waals surface area (Å²) in [6, 6.07) is 17.3. The fraction of sp³-hybridized carbons (Fsp3) is 0.0952.